The summed E-state index contributed by atoms with van der Waals surface area (Å²) < 4.78 is 5.13. The second kappa shape index (κ2) is 5.60. The number of para-hydroxylation sites is 1. The van der Waals surface area contributed by atoms with Gasteiger partial charge < -0.3 is 10.1 Å². The van der Waals surface area contributed by atoms with Crippen LogP contribution in [0.3, 0.4) is 0 Å². The van der Waals surface area contributed by atoms with Crippen LogP contribution in [0, 0.1) is 11.3 Å². The molecule has 1 aromatic heterocycles. The van der Waals surface area contributed by atoms with Gasteiger partial charge in [0.1, 0.15) is 17.5 Å². The van der Waals surface area contributed by atoms with Crippen LogP contribution in [0.25, 0.3) is 0 Å². The molecule has 1 N–H and O–H groups in total. The van der Waals surface area contributed by atoms with E-state index in [1.165, 1.54) is 25.6 Å². The van der Waals surface area contributed by atoms with E-state index in [4.69, 9.17) is 10.00 Å². The molecule has 6 heteroatoms. The maximum absolute atomic E-state index is 12.0. The number of amides is 1. The molecule has 0 saturated carbocycles. The molecule has 1 amide bonds. The zero-order valence-corrected chi connectivity index (χ0v) is 10.1. The van der Waals surface area contributed by atoms with Gasteiger partial charge in [-0.05, 0) is 18.2 Å². The third-order valence-electron chi connectivity index (χ3n) is 2.45. The van der Waals surface area contributed by atoms with Gasteiger partial charge in [-0.2, -0.15) is 15.5 Å². The number of hydrogen-bond donors (Lipinski definition) is 1. The number of anilines is 1. The maximum Gasteiger partial charge on any atom is 0.257 e. The molecule has 0 aliphatic carbocycles. The SMILES string of the molecule is COc1cccc(C#N)c1NC(=O)c1ccnnc1. The van der Waals surface area contributed by atoms with Gasteiger partial charge in [-0.1, -0.05) is 6.07 Å². The molecular weight excluding hydrogens is 244 g/mol. The van der Waals surface area contributed by atoms with Crippen molar-refractivity contribution in [3.05, 3.63) is 47.8 Å². The first-order valence-corrected chi connectivity index (χ1v) is 5.41. The Morgan fingerprint density at radius 2 is 2.21 bits per heavy atom. The van der Waals surface area contributed by atoms with E-state index in [1.807, 2.05) is 6.07 Å². The van der Waals surface area contributed by atoms with Gasteiger partial charge in [0.15, 0.2) is 0 Å². The molecule has 0 unspecified atom stereocenters. The largest absolute Gasteiger partial charge is 0.495 e. The first-order chi connectivity index (χ1) is 9.26. The van der Waals surface area contributed by atoms with Gasteiger partial charge in [-0.15, -0.1) is 0 Å². The number of hydrogen-bond acceptors (Lipinski definition) is 5. The summed E-state index contributed by atoms with van der Waals surface area (Å²) in [6, 6.07) is 8.49. The number of nitrogens with one attached hydrogen (secondary N) is 1. The molecule has 0 fully saturated rings. The summed E-state index contributed by atoms with van der Waals surface area (Å²) in [6.45, 7) is 0. The Morgan fingerprint density at radius 1 is 1.37 bits per heavy atom. The minimum absolute atomic E-state index is 0.328. The van der Waals surface area contributed by atoms with Crippen LogP contribution >= 0.6 is 0 Å². The number of ether oxygens (including phenoxy) is 1. The van der Waals surface area contributed by atoms with Crippen molar-refractivity contribution in [3.8, 4) is 11.8 Å². The molecule has 0 spiro atoms. The molecule has 1 heterocycles. The van der Waals surface area contributed by atoms with Gasteiger partial charge in [0.25, 0.3) is 5.91 Å². The number of carbonyl (C=O) groups is 1. The van der Waals surface area contributed by atoms with Crippen molar-refractivity contribution in [2.75, 3.05) is 12.4 Å². The Labute approximate surface area is 109 Å². The lowest BCUT2D eigenvalue weighted by atomic mass is 10.1. The van der Waals surface area contributed by atoms with Gasteiger partial charge in [-0.25, -0.2) is 0 Å². The van der Waals surface area contributed by atoms with Crippen molar-refractivity contribution in [3.63, 3.8) is 0 Å². The van der Waals surface area contributed by atoms with Gasteiger partial charge in [0.05, 0.1) is 30.6 Å². The van der Waals surface area contributed by atoms with Crippen LogP contribution < -0.4 is 10.1 Å². The first kappa shape index (κ1) is 12.5. The zero-order valence-electron chi connectivity index (χ0n) is 10.1. The number of nitriles is 1. The molecule has 19 heavy (non-hydrogen) atoms. The van der Waals surface area contributed by atoms with E-state index in [1.54, 1.807) is 18.2 Å². The van der Waals surface area contributed by atoms with Crippen LogP contribution in [0.2, 0.25) is 0 Å². The summed E-state index contributed by atoms with van der Waals surface area (Å²) >= 11 is 0. The van der Waals surface area contributed by atoms with E-state index in [0.717, 1.165) is 0 Å². The fourth-order valence-corrected chi connectivity index (χ4v) is 1.53. The second-order valence-corrected chi connectivity index (χ2v) is 3.58. The summed E-state index contributed by atoms with van der Waals surface area (Å²) in [7, 11) is 1.47. The summed E-state index contributed by atoms with van der Waals surface area (Å²) in [6.07, 6.45) is 2.76. The Balaban J connectivity index is 2.34. The second-order valence-electron chi connectivity index (χ2n) is 3.58. The third kappa shape index (κ3) is 2.66. The Kier molecular flexibility index (Phi) is 3.69. The predicted octanol–water partition coefficient (Wildman–Crippen LogP) is 1.61. The molecule has 2 rings (SSSR count). The smallest absolute Gasteiger partial charge is 0.257 e. The molecule has 6 nitrogen and oxygen atoms in total. The average Bonchev–Trinajstić information content (AvgIpc) is 2.48. The normalized spacial score (nSPS) is 9.47. The third-order valence-corrected chi connectivity index (χ3v) is 2.45. The van der Waals surface area contributed by atoms with E-state index in [0.29, 0.717) is 22.6 Å². The topological polar surface area (TPSA) is 87.9 Å². The van der Waals surface area contributed by atoms with Crippen molar-refractivity contribution < 1.29 is 9.53 Å². The van der Waals surface area contributed by atoms with E-state index >= 15 is 0 Å². The Hall–Kier alpha value is -2.94. The number of benzene rings is 1. The van der Waals surface area contributed by atoms with Crippen molar-refractivity contribution >= 4 is 11.6 Å². The van der Waals surface area contributed by atoms with E-state index in [-0.39, 0.29) is 5.91 Å². The molecule has 0 atom stereocenters. The molecule has 0 aliphatic heterocycles. The molecule has 0 aliphatic rings. The maximum atomic E-state index is 12.0. The number of nitrogens with zero attached hydrogens (tertiary/aromatic N) is 3. The Bertz CT molecular complexity index is 635. The number of methoxy groups -OCH3 is 1. The zero-order chi connectivity index (χ0) is 13.7. The molecular formula is C13H10N4O2. The highest BCUT2D eigenvalue weighted by molar-refractivity contribution is 6.05. The van der Waals surface area contributed by atoms with Crippen molar-refractivity contribution in [1.82, 2.24) is 10.2 Å². The molecule has 0 bridgehead atoms. The highest BCUT2D eigenvalue weighted by Crippen LogP contribution is 2.28. The van der Waals surface area contributed by atoms with Crippen LogP contribution in [0.5, 0.6) is 5.75 Å². The van der Waals surface area contributed by atoms with Gasteiger partial charge in [0, 0.05) is 0 Å². The molecule has 0 radical (unpaired) electrons. The lowest BCUT2D eigenvalue weighted by molar-refractivity contribution is 0.102. The lowest BCUT2D eigenvalue weighted by Gasteiger charge is -2.11. The fourth-order valence-electron chi connectivity index (χ4n) is 1.53. The summed E-state index contributed by atoms with van der Waals surface area (Å²) in [4.78, 5) is 12.0. The highest BCUT2D eigenvalue weighted by atomic mass is 16.5. The van der Waals surface area contributed by atoms with E-state index in [2.05, 4.69) is 15.5 Å². The van der Waals surface area contributed by atoms with E-state index < -0.39 is 0 Å². The molecule has 94 valence electrons. The van der Waals surface area contributed by atoms with E-state index in [9.17, 15) is 4.79 Å². The highest BCUT2D eigenvalue weighted by Gasteiger charge is 2.13. The number of rotatable bonds is 3. The van der Waals surface area contributed by atoms with Crippen LogP contribution in [-0.2, 0) is 0 Å². The van der Waals surface area contributed by atoms with Crippen molar-refractivity contribution in [1.29, 1.82) is 5.26 Å². The van der Waals surface area contributed by atoms with Gasteiger partial charge in [-0.3, -0.25) is 4.79 Å². The Morgan fingerprint density at radius 3 is 2.84 bits per heavy atom. The fraction of sp³-hybridized carbons (Fsp3) is 0.0769. The van der Waals surface area contributed by atoms with Crippen LogP contribution in [0.4, 0.5) is 5.69 Å². The lowest BCUT2D eigenvalue weighted by Crippen LogP contribution is -2.14. The summed E-state index contributed by atoms with van der Waals surface area (Å²) in [5.41, 5.74) is 1.02. The molecule has 0 saturated heterocycles. The standard InChI is InChI=1S/C13H10N4O2/c1-19-11-4-2-3-9(7-14)12(11)17-13(18)10-5-6-15-16-8-10/h2-6,8H,1H3,(H,17,18). The monoisotopic (exact) mass is 254 g/mol. The van der Waals surface area contributed by atoms with Crippen LogP contribution in [0.15, 0.2) is 36.7 Å². The van der Waals surface area contributed by atoms with Crippen molar-refractivity contribution in [2.45, 2.75) is 0 Å². The predicted molar refractivity (Wildman–Crippen MR) is 67.7 cm³/mol. The molecule has 2 aromatic rings. The average molecular weight is 254 g/mol. The first-order valence-electron chi connectivity index (χ1n) is 5.41. The van der Waals surface area contributed by atoms with Gasteiger partial charge in [0.2, 0.25) is 0 Å². The summed E-state index contributed by atoms with van der Waals surface area (Å²) in [5, 5.41) is 18.9. The number of carbonyl (C=O) groups excluding carboxylic acids is 1. The minimum atomic E-state index is -0.379. The van der Waals surface area contributed by atoms with Gasteiger partial charge >= 0.3 is 0 Å². The summed E-state index contributed by atoms with van der Waals surface area (Å²) in [5.74, 6) is 0.0466. The van der Waals surface area contributed by atoms with Crippen molar-refractivity contribution in [2.24, 2.45) is 0 Å². The molecule has 1 aromatic carbocycles. The quantitative estimate of drug-likeness (QED) is 0.898. The minimum Gasteiger partial charge on any atom is -0.495 e. The van der Waals surface area contributed by atoms with Crippen LogP contribution in [0.1, 0.15) is 15.9 Å². The number of aromatic nitrogens is 2. The van der Waals surface area contributed by atoms with Crippen LogP contribution in [-0.4, -0.2) is 23.2 Å².